The van der Waals surface area contributed by atoms with Crippen LogP contribution in [0.4, 0.5) is 0 Å². The van der Waals surface area contributed by atoms with Gasteiger partial charge in [-0.05, 0) is 37.5 Å². The van der Waals surface area contributed by atoms with Gasteiger partial charge in [-0.15, -0.1) is 0 Å². The number of likely N-dealkylation sites (tertiary alicyclic amines) is 1. The Morgan fingerprint density at radius 2 is 1.73 bits per heavy atom. The average molecular weight is 409 g/mol. The van der Waals surface area contributed by atoms with Crippen molar-refractivity contribution in [2.24, 2.45) is 11.3 Å². The van der Waals surface area contributed by atoms with Gasteiger partial charge in [0.25, 0.3) is 0 Å². The highest BCUT2D eigenvalue weighted by Gasteiger charge is 2.33. The molecule has 0 saturated carbocycles. The number of hydrogen-bond acceptors (Lipinski definition) is 3. The molecule has 1 saturated heterocycles. The van der Waals surface area contributed by atoms with Crippen LogP contribution in [-0.4, -0.2) is 29.8 Å². The fourth-order valence-corrected chi connectivity index (χ4v) is 3.72. The normalized spacial score (nSPS) is 16.8. The molecule has 1 heterocycles. The van der Waals surface area contributed by atoms with Gasteiger partial charge in [0, 0.05) is 30.6 Å². The SMILES string of the molecule is Cc1ccccc1Oc1ccccc1CNC(=O)C1CCCN(C(=O)C(C)(C)C)C1. The van der Waals surface area contributed by atoms with Gasteiger partial charge < -0.3 is 15.0 Å². The Morgan fingerprint density at radius 1 is 1.07 bits per heavy atom. The third-order valence-corrected chi connectivity index (χ3v) is 5.46. The number of amides is 2. The maximum absolute atomic E-state index is 12.8. The molecule has 2 aromatic carbocycles. The first-order chi connectivity index (χ1) is 14.3. The Hall–Kier alpha value is -2.82. The van der Waals surface area contributed by atoms with Crippen LogP contribution < -0.4 is 10.1 Å². The number of nitrogens with zero attached hydrogens (tertiary/aromatic N) is 1. The summed E-state index contributed by atoms with van der Waals surface area (Å²) in [5.41, 5.74) is 1.55. The molecular formula is C25H32N2O3. The zero-order valence-corrected chi connectivity index (χ0v) is 18.4. The van der Waals surface area contributed by atoms with E-state index in [9.17, 15) is 9.59 Å². The van der Waals surface area contributed by atoms with E-state index in [1.807, 2.05) is 81.1 Å². The summed E-state index contributed by atoms with van der Waals surface area (Å²) >= 11 is 0. The molecule has 1 unspecified atom stereocenters. The van der Waals surface area contributed by atoms with Gasteiger partial charge in [0.05, 0.1) is 5.92 Å². The Labute approximate surface area is 179 Å². The van der Waals surface area contributed by atoms with Gasteiger partial charge in [0.1, 0.15) is 11.5 Å². The zero-order chi connectivity index (χ0) is 21.7. The second-order valence-electron chi connectivity index (χ2n) is 9.03. The van der Waals surface area contributed by atoms with E-state index < -0.39 is 5.41 Å². The molecule has 160 valence electrons. The van der Waals surface area contributed by atoms with Gasteiger partial charge in [-0.25, -0.2) is 0 Å². The Bertz CT molecular complexity index is 901. The molecule has 5 heteroatoms. The van der Waals surface area contributed by atoms with E-state index in [2.05, 4.69) is 5.32 Å². The summed E-state index contributed by atoms with van der Waals surface area (Å²) in [6.07, 6.45) is 1.66. The lowest BCUT2D eigenvalue weighted by Crippen LogP contribution is -2.48. The number of carbonyl (C=O) groups excluding carboxylic acids is 2. The molecule has 1 atom stereocenters. The minimum absolute atomic E-state index is 0.00731. The number of rotatable bonds is 5. The maximum atomic E-state index is 12.8. The fraction of sp³-hybridized carbons (Fsp3) is 0.440. The minimum Gasteiger partial charge on any atom is -0.457 e. The van der Waals surface area contributed by atoms with Crippen LogP contribution >= 0.6 is 0 Å². The number of benzene rings is 2. The number of ether oxygens (including phenoxy) is 1. The first-order valence-corrected chi connectivity index (χ1v) is 10.6. The topological polar surface area (TPSA) is 58.6 Å². The van der Waals surface area contributed by atoms with Crippen molar-refractivity contribution in [2.75, 3.05) is 13.1 Å². The fourth-order valence-electron chi connectivity index (χ4n) is 3.72. The summed E-state index contributed by atoms with van der Waals surface area (Å²) in [4.78, 5) is 27.2. The van der Waals surface area contributed by atoms with Gasteiger partial charge in [-0.2, -0.15) is 0 Å². The van der Waals surface area contributed by atoms with Gasteiger partial charge in [0.2, 0.25) is 11.8 Å². The Morgan fingerprint density at radius 3 is 2.43 bits per heavy atom. The van der Waals surface area contributed by atoms with Crippen LogP contribution in [-0.2, 0) is 16.1 Å². The van der Waals surface area contributed by atoms with Crippen LogP contribution in [0.25, 0.3) is 0 Å². The van der Waals surface area contributed by atoms with Crippen LogP contribution in [0.3, 0.4) is 0 Å². The van der Waals surface area contributed by atoms with Crippen LogP contribution in [0.1, 0.15) is 44.7 Å². The van der Waals surface area contributed by atoms with Crippen molar-refractivity contribution < 1.29 is 14.3 Å². The first-order valence-electron chi connectivity index (χ1n) is 10.6. The molecule has 0 aliphatic carbocycles. The Kier molecular flexibility index (Phi) is 6.80. The summed E-state index contributed by atoms with van der Waals surface area (Å²) in [7, 11) is 0. The van der Waals surface area contributed by atoms with Gasteiger partial charge >= 0.3 is 0 Å². The second-order valence-corrected chi connectivity index (χ2v) is 9.03. The summed E-state index contributed by atoms with van der Waals surface area (Å²) in [5.74, 6) is 1.47. The van der Waals surface area contributed by atoms with E-state index in [4.69, 9.17) is 4.74 Å². The van der Waals surface area contributed by atoms with E-state index in [1.54, 1.807) is 0 Å². The molecule has 0 bridgehead atoms. The van der Waals surface area contributed by atoms with Crippen molar-refractivity contribution in [2.45, 2.75) is 47.1 Å². The van der Waals surface area contributed by atoms with Gasteiger partial charge in [-0.1, -0.05) is 57.2 Å². The van der Waals surface area contributed by atoms with E-state index in [0.717, 1.165) is 42.0 Å². The molecule has 5 nitrogen and oxygen atoms in total. The molecule has 1 fully saturated rings. The molecule has 1 aliphatic heterocycles. The van der Waals surface area contributed by atoms with Gasteiger partial charge in [-0.3, -0.25) is 9.59 Å². The third-order valence-electron chi connectivity index (χ3n) is 5.46. The second kappa shape index (κ2) is 9.33. The smallest absolute Gasteiger partial charge is 0.227 e. The molecule has 0 spiro atoms. The predicted molar refractivity (Wildman–Crippen MR) is 118 cm³/mol. The number of hydrogen-bond donors (Lipinski definition) is 1. The third kappa shape index (κ3) is 5.41. The molecule has 1 N–H and O–H groups in total. The van der Waals surface area contributed by atoms with E-state index >= 15 is 0 Å². The van der Waals surface area contributed by atoms with Crippen LogP contribution in [0.2, 0.25) is 0 Å². The molecule has 0 radical (unpaired) electrons. The number of nitrogens with one attached hydrogen (secondary N) is 1. The standard InChI is InChI=1S/C25H32N2O3/c1-18-10-5-7-13-21(18)30-22-14-8-6-11-19(22)16-26-23(28)20-12-9-15-27(17-20)24(29)25(2,3)4/h5-8,10-11,13-14,20H,9,12,15-17H2,1-4H3,(H,26,28). The predicted octanol–water partition coefficient (Wildman–Crippen LogP) is 4.69. The van der Waals surface area contributed by atoms with E-state index in [1.165, 1.54) is 0 Å². The lowest BCUT2D eigenvalue weighted by Gasteiger charge is -2.35. The highest BCUT2D eigenvalue weighted by Crippen LogP contribution is 2.28. The molecule has 2 aromatic rings. The van der Waals surface area contributed by atoms with Gasteiger partial charge in [0.15, 0.2) is 0 Å². The summed E-state index contributed by atoms with van der Waals surface area (Å²) in [5, 5.41) is 3.05. The van der Waals surface area contributed by atoms with E-state index in [0.29, 0.717) is 13.1 Å². The van der Waals surface area contributed by atoms with Crippen molar-refractivity contribution in [3.05, 3.63) is 59.7 Å². The lowest BCUT2D eigenvalue weighted by molar-refractivity contribution is -0.142. The number of piperidine rings is 1. The summed E-state index contributed by atoms with van der Waals surface area (Å²) < 4.78 is 6.10. The van der Waals surface area contributed by atoms with Crippen LogP contribution in [0, 0.1) is 18.3 Å². The van der Waals surface area contributed by atoms with E-state index in [-0.39, 0.29) is 17.7 Å². The molecule has 2 amide bonds. The maximum Gasteiger partial charge on any atom is 0.227 e. The summed E-state index contributed by atoms with van der Waals surface area (Å²) in [6, 6.07) is 15.6. The highest BCUT2D eigenvalue weighted by atomic mass is 16.5. The van der Waals surface area contributed by atoms with Crippen LogP contribution in [0.15, 0.2) is 48.5 Å². The molecule has 30 heavy (non-hydrogen) atoms. The molecule has 0 aromatic heterocycles. The Balaban J connectivity index is 1.62. The largest absolute Gasteiger partial charge is 0.457 e. The number of carbonyl (C=O) groups is 2. The molecule has 1 aliphatic rings. The van der Waals surface area contributed by atoms with Crippen molar-refractivity contribution in [1.29, 1.82) is 0 Å². The van der Waals surface area contributed by atoms with Crippen LogP contribution in [0.5, 0.6) is 11.5 Å². The quantitative estimate of drug-likeness (QED) is 0.781. The number of para-hydroxylation sites is 2. The molecular weight excluding hydrogens is 376 g/mol. The first kappa shape index (κ1) is 21.9. The number of aryl methyl sites for hydroxylation is 1. The van der Waals surface area contributed by atoms with Crippen molar-refractivity contribution >= 4 is 11.8 Å². The zero-order valence-electron chi connectivity index (χ0n) is 18.4. The summed E-state index contributed by atoms with van der Waals surface area (Å²) in [6.45, 7) is 9.38. The average Bonchev–Trinajstić information content (AvgIpc) is 2.73. The monoisotopic (exact) mass is 408 g/mol. The minimum atomic E-state index is -0.426. The molecule has 3 rings (SSSR count). The van der Waals surface area contributed by atoms with Crippen molar-refractivity contribution in [3.8, 4) is 11.5 Å². The lowest BCUT2D eigenvalue weighted by atomic mass is 9.91. The van der Waals surface area contributed by atoms with Crippen molar-refractivity contribution in [3.63, 3.8) is 0 Å². The highest BCUT2D eigenvalue weighted by molar-refractivity contribution is 5.84. The van der Waals surface area contributed by atoms with Crippen molar-refractivity contribution in [1.82, 2.24) is 10.2 Å².